The summed E-state index contributed by atoms with van der Waals surface area (Å²) in [5.41, 5.74) is 8.68. The number of alkyl halides is 3. The molecule has 0 bridgehead atoms. The molecule has 2 aromatic carbocycles. The summed E-state index contributed by atoms with van der Waals surface area (Å²) in [6.45, 7) is 0.434. The summed E-state index contributed by atoms with van der Waals surface area (Å²) in [6, 6.07) is 11.8. The molecule has 0 aliphatic carbocycles. The first-order valence-corrected chi connectivity index (χ1v) is 11.3. The van der Waals surface area contributed by atoms with Crippen LogP contribution in [0.2, 0.25) is 0 Å². The van der Waals surface area contributed by atoms with Crippen LogP contribution in [0.4, 0.5) is 13.2 Å². The second-order valence-electron chi connectivity index (χ2n) is 7.92. The Balaban J connectivity index is 1.42. The number of imidazole rings is 1. The molecule has 12 heteroatoms. The van der Waals surface area contributed by atoms with Crippen molar-refractivity contribution in [3.63, 3.8) is 0 Å². The molecule has 0 saturated carbocycles. The Kier molecular flexibility index (Phi) is 4.68. The monoisotopic (exact) mass is 496 g/mol. The van der Waals surface area contributed by atoms with E-state index in [1.165, 1.54) is 23.7 Å². The predicted octanol–water partition coefficient (Wildman–Crippen LogP) is 4.59. The molecule has 3 aromatic heterocycles. The Labute approximate surface area is 199 Å². The number of halogens is 3. The molecule has 0 atom stereocenters. The lowest BCUT2D eigenvalue weighted by molar-refractivity contribution is -0.144. The highest BCUT2D eigenvalue weighted by Crippen LogP contribution is 2.44. The number of H-pyrrole nitrogens is 1. The molecule has 0 saturated heterocycles. The minimum Gasteiger partial charge on any atom is -0.493 e. The fourth-order valence-electron chi connectivity index (χ4n) is 4.07. The molecular weight excluding hydrogens is 481 g/mol. The van der Waals surface area contributed by atoms with Gasteiger partial charge in [-0.25, -0.2) is 14.6 Å². The first kappa shape index (κ1) is 21.4. The number of thiophene rings is 1. The average Bonchev–Trinajstić information content (AvgIpc) is 3.54. The van der Waals surface area contributed by atoms with Crippen molar-refractivity contribution in [1.82, 2.24) is 24.7 Å². The van der Waals surface area contributed by atoms with Crippen LogP contribution in [0.25, 0.3) is 37.9 Å². The standard InChI is InChI=1S/C23H15F3N6O2S/c24-23(25,26)22-30-15-4-2-13(9-16(15)31-22)32-21(28-10-29-32)18-8-11-5-6-34-17-7-12(20(27)33)1-3-14(17)19(11)35-18/h1-4,7-10H,5-6H2,(H2,27,33)(H,30,31). The minimum absolute atomic E-state index is 0.206. The normalized spacial score (nSPS) is 13.2. The molecule has 35 heavy (non-hydrogen) atoms. The Bertz CT molecular complexity index is 1620. The number of aromatic amines is 1. The molecule has 0 spiro atoms. The van der Waals surface area contributed by atoms with Gasteiger partial charge in [-0.05, 0) is 48.0 Å². The van der Waals surface area contributed by atoms with Gasteiger partial charge in [0.25, 0.3) is 0 Å². The summed E-state index contributed by atoms with van der Waals surface area (Å²) in [4.78, 5) is 23.7. The van der Waals surface area contributed by atoms with Crippen LogP contribution in [0, 0.1) is 0 Å². The molecule has 8 nitrogen and oxygen atoms in total. The van der Waals surface area contributed by atoms with Crippen molar-refractivity contribution < 1.29 is 22.7 Å². The maximum absolute atomic E-state index is 13.0. The lowest BCUT2D eigenvalue weighted by Gasteiger charge is -2.08. The Morgan fingerprint density at radius 3 is 2.83 bits per heavy atom. The second-order valence-corrected chi connectivity index (χ2v) is 8.97. The number of aromatic nitrogens is 5. The smallest absolute Gasteiger partial charge is 0.449 e. The maximum atomic E-state index is 13.0. The van der Waals surface area contributed by atoms with Crippen molar-refractivity contribution >= 4 is 28.3 Å². The molecule has 1 amide bonds. The topological polar surface area (TPSA) is 112 Å². The zero-order chi connectivity index (χ0) is 24.3. The molecule has 1 aliphatic rings. The Morgan fingerprint density at radius 1 is 1.17 bits per heavy atom. The number of carbonyl (C=O) groups excluding carboxylic acids is 1. The number of nitrogens with two attached hydrogens (primary N) is 1. The van der Waals surface area contributed by atoms with Crippen LogP contribution in [0.1, 0.15) is 21.7 Å². The number of nitrogens with one attached hydrogen (secondary N) is 1. The maximum Gasteiger partial charge on any atom is 0.449 e. The van der Waals surface area contributed by atoms with E-state index in [4.69, 9.17) is 10.5 Å². The number of fused-ring (bicyclic) bond motifs is 4. The number of rotatable bonds is 3. The fourth-order valence-corrected chi connectivity index (χ4v) is 5.29. The zero-order valence-corrected chi connectivity index (χ0v) is 18.6. The molecule has 176 valence electrons. The summed E-state index contributed by atoms with van der Waals surface area (Å²) in [5.74, 6) is -0.447. The van der Waals surface area contributed by atoms with Crippen LogP contribution in [0.5, 0.6) is 5.75 Å². The van der Waals surface area contributed by atoms with E-state index >= 15 is 0 Å². The van der Waals surface area contributed by atoms with Crippen molar-refractivity contribution in [1.29, 1.82) is 0 Å². The van der Waals surface area contributed by atoms with Gasteiger partial charge in [-0.1, -0.05) is 0 Å². The van der Waals surface area contributed by atoms with Crippen molar-refractivity contribution in [2.45, 2.75) is 12.6 Å². The molecule has 3 N–H and O–H groups in total. The fraction of sp³-hybridized carbons (Fsp3) is 0.130. The van der Waals surface area contributed by atoms with Crippen molar-refractivity contribution in [3.05, 3.63) is 65.7 Å². The highest BCUT2D eigenvalue weighted by atomic mass is 32.1. The summed E-state index contributed by atoms with van der Waals surface area (Å²) in [6.07, 6.45) is -2.51. The lowest BCUT2D eigenvalue weighted by Crippen LogP contribution is -2.11. The molecular formula is C23H15F3N6O2S. The highest BCUT2D eigenvalue weighted by molar-refractivity contribution is 7.19. The van der Waals surface area contributed by atoms with Crippen molar-refractivity contribution in [2.75, 3.05) is 6.61 Å². The molecule has 4 heterocycles. The van der Waals surface area contributed by atoms with Gasteiger partial charge in [0.15, 0.2) is 5.82 Å². The van der Waals surface area contributed by atoms with Gasteiger partial charge >= 0.3 is 6.18 Å². The van der Waals surface area contributed by atoms with E-state index in [1.807, 2.05) is 12.1 Å². The van der Waals surface area contributed by atoms with E-state index in [1.54, 1.807) is 28.9 Å². The van der Waals surface area contributed by atoms with Crippen LogP contribution in [0.15, 0.2) is 48.8 Å². The number of primary amides is 1. The number of carbonyl (C=O) groups is 1. The van der Waals surface area contributed by atoms with Crippen LogP contribution in [-0.4, -0.2) is 37.2 Å². The molecule has 1 aliphatic heterocycles. The van der Waals surface area contributed by atoms with Crippen LogP contribution in [0.3, 0.4) is 0 Å². The number of hydrogen-bond donors (Lipinski definition) is 2. The SMILES string of the molecule is NC(=O)c1ccc2c(c1)OCCc1cc(-c3ncnn3-c3ccc4nc(C(F)(F)F)[nH]c4c3)sc1-2. The summed E-state index contributed by atoms with van der Waals surface area (Å²) >= 11 is 1.49. The highest BCUT2D eigenvalue weighted by Gasteiger charge is 2.34. The van der Waals surface area contributed by atoms with Gasteiger partial charge in [0.2, 0.25) is 11.7 Å². The molecule has 0 unspecified atom stereocenters. The number of benzene rings is 2. The van der Waals surface area contributed by atoms with E-state index in [0.29, 0.717) is 35.9 Å². The third kappa shape index (κ3) is 3.62. The quantitative estimate of drug-likeness (QED) is 0.380. The third-order valence-corrected chi connectivity index (χ3v) is 6.90. The number of ether oxygens (including phenoxy) is 1. The van der Waals surface area contributed by atoms with Crippen LogP contribution in [-0.2, 0) is 12.6 Å². The molecule has 6 rings (SSSR count). The van der Waals surface area contributed by atoms with E-state index < -0.39 is 17.9 Å². The van der Waals surface area contributed by atoms with E-state index in [2.05, 4.69) is 20.1 Å². The number of nitrogens with zero attached hydrogens (tertiary/aromatic N) is 4. The summed E-state index contributed by atoms with van der Waals surface area (Å²) < 4.78 is 46.5. The molecule has 0 fully saturated rings. The largest absolute Gasteiger partial charge is 0.493 e. The van der Waals surface area contributed by atoms with Crippen molar-refractivity contribution in [3.8, 4) is 32.6 Å². The van der Waals surface area contributed by atoms with Gasteiger partial charge < -0.3 is 15.5 Å². The number of hydrogen-bond acceptors (Lipinski definition) is 6. The lowest BCUT2D eigenvalue weighted by atomic mass is 10.1. The first-order chi connectivity index (χ1) is 16.8. The summed E-state index contributed by atoms with van der Waals surface area (Å²) in [5, 5.41) is 4.30. The van der Waals surface area contributed by atoms with Gasteiger partial charge in [-0.15, -0.1) is 11.3 Å². The Morgan fingerprint density at radius 2 is 2.03 bits per heavy atom. The molecule has 5 aromatic rings. The van der Waals surface area contributed by atoms with Gasteiger partial charge in [-0.3, -0.25) is 4.79 Å². The van der Waals surface area contributed by atoms with Gasteiger partial charge in [0, 0.05) is 22.4 Å². The average molecular weight is 496 g/mol. The van der Waals surface area contributed by atoms with Gasteiger partial charge in [0.1, 0.15) is 12.1 Å². The summed E-state index contributed by atoms with van der Waals surface area (Å²) in [7, 11) is 0. The van der Waals surface area contributed by atoms with E-state index in [0.717, 1.165) is 20.9 Å². The first-order valence-electron chi connectivity index (χ1n) is 10.5. The second kappa shape index (κ2) is 7.67. The van der Waals surface area contributed by atoms with Crippen molar-refractivity contribution in [2.24, 2.45) is 5.73 Å². The Hall–Kier alpha value is -4.19. The zero-order valence-electron chi connectivity index (χ0n) is 17.8. The minimum atomic E-state index is -4.56. The predicted molar refractivity (Wildman–Crippen MR) is 122 cm³/mol. The van der Waals surface area contributed by atoms with Crippen LogP contribution >= 0.6 is 11.3 Å². The van der Waals surface area contributed by atoms with Gasteiger partial charge in [0.05, 0.1) is 28.2 Å². The number of amides is 1. The van der Waals surface area contributed by atoms with E-state index in [9.17, 15) is 18.0 Å². The van der Waals surface area contributed by atoms with Crippen LogP contribution < -0.4 is 10.5 Å². The molecule has 0 radical (unpaired) electrons. The van der Waals surface area contributed by atoms with E-state index in [-0.39, 0.29) is 11.0 Å². The third-order valence-electron chi connectivity index (χ3n) is 5.70. The van der Waals surface area contributed by atoms with Gasteiger partial charge in [-0.2, -0.15) is 18.3 Å².